The van der Waals surface area contributed by atoms with Crippen molar-refractivity contribution in [3.05, 3.63) is 33.8 Å². The van der Waals surface area contributed by atoms with Gasteiger partial charge in [-0.1, -0.05) is 29.3 Å². The van der Waals surface area contributed by atoms with Crippen molar-refractivity contribution in [3.63, 3.8) is 0 Å². The minimum Gasteiger partial charge on any atom is -0.369 e. The first-order valence-electron chi connectivity index (χ1n) is 8.20. The number of amides is 1. The number of nitrogens with one attached hydrogen (secondary N) is 1. The van der Waals surface area contributed by atoms with E-state index in [0.29, 0.717) is 35.1 Å². The first-order valence-corrected chi connectivity index (χ1v) is 10.6. The Labute approximate surface area is 158 Å². The van der Waals surface area contributed by atoms with Gasteiger partial charge in [0.2, 0.25) is 15.9 Å². The largest absolute Gasteiger partial charge is 0.369 e. The Balaban J connectivity index is 1.74. The normalized spacial score (nSPS) is 19.0. The van der Waals surface area contributed by atoms with Gasteiger partial charge in [-0.15, -0.1) is 0 Å². The molecule has 1 amide bonds. The molecule has 9 heteroatoms. The molecule has 0 radical (unpaired) electrons. The molecule has 6 nitrogen and oxygen atoms in total. The number of sulfonamides is 1. The second-order valence-electron chi connectivity index (χ2n) is 6.30. The lowest BCUT2D eigenvalue weighted by molar-refractivity contribution is -0.123. The fourth-order valence-electron chi connectivity index (χ4n) is 2.92. The number of nitrogens with zero attached hydrogens (tertiary/aromatic N) is 1. The van der Waals surface area contributed by atoms with Crippen LogP contribution >= 0.6 is 23.2 Å². The summed E-state index contributed by atoms with van der Waals surface area (Å²) in [5.74, 6) is -0.496. The van der Waals surface area contributed by atoms with Crippen LogP contribution in [-0.2, 0) is 20.6 Å². The predicted octanol–water partition coefficient (Wildman–Crippen LogP) is 2.00. The van der Waals surface area contributed by atoms with Crippen LogP contribution < -0.4 is 10.5 Å². The topological polar surface area (TPSA) is 92.5 Å². The molecule has 0 aliphatic carbocycles. The van der Waals surface area contributed by atoms with Gasteiger partial charge in [0, 0.05) is 13.1 Å². The number of carbonyl (C=O) groups excluding carboxylic acids is 1. The quantitative estimate of drug-likeness (QED) is 0.644. The van der Waals surface area contributed by atoms with Crippen molar-refractivity contribution < 1.29 is 13.2 Å². The van der Waals surface area contributed by atoms with Gasteiger partial charge in [-0.25, -0.2) is 13.1 Å². The van der Waals surface area contributed by atoms with Crippen LogP contribution in [0.15, 0.2) is 18.2 Å². The van der Waals surface area contributed by atoms with Crippen LogP contribution in [0.3, 0.4) is 0 Å². The number of benzene rings is 1. The second-order valence-corrected chi connectivity index (χ2v) is 8.92. The number of likely N-dealkylation sites (tertiary alicyclic amines) is 1. The molecule has 1 aromatic carbocycles. The first-order chi connectivity index (χ1) is 11.8. The molecule has 0 bridgehead atoms. The molecule has 1 aromatic rings. The molecular weight excluding hydrogens is 385 g/mol. The highest BCUT2D eigenvalue weighted by Crippen LogP contribution is 2.23. The number of carbonyl (C=O) groups is 1. The van der Waals surface area contributed by atoms with Crippen molar-refractivity contribution in [1.82, 2.24) is 9.62 Å². The number of nitrogens with two attached hydrogens (primary N) is 1. The summed E-state index contributed by atoms with van der Waals surface area (Å²) in [5.41, 5.74) is 5.95. The molecular formula is C16H23Cl2N3O3S. The van der Waals surface area contributed by atoms with Crippen LogP contribution in [0, 0.1) is 5.92 Å². The van der Waals surface area contributed by atoms with Gasteiger partial charge in [-0.2, -0.15) is 0 Å². The molecule has 1 aliphatic heterocycles. The summed E-state index contributed by atoms with van der Waals surface area (Å²) in [5, 5.41) is 0.732. The Bertz CT molecular complexity index is 713. The third-order valence-corrected chi connectivity index (χ3v) is 6.32. The van der Waals surface area contributed by atoms with Gasteiger partial charge < -0.3 is 10.6 Å². The zero-order valence-corrected chi connectivity index (χ0v) is 16.2. The molecule has 25 heavy (non-hydrogen) atoms. The van der Waals surface area contributed by atoms with Crippen molar-refractivity contribution in [3.8, 4) is 0 Å². The molecule has 0 saturated carbocycles. The van der Waals surface area contributed by atoms with Crippen LogP contribution in [0.2, 0.25) is 10.0 Å². The summed E-state index contributed by atoms with van der Waals surface area (Å²) in [6, 6.07) is 4.78. The zero-order chi connectivity index (χ0) is 18.4. The molecule has 1 unspecified atom stereocenters. The third kappa shape index (κ3) is 6.75. The summed E-state index contributed by atoms with van der Waals surface area (Å²) >= 11 is 11.7. The molecule has 0 spiro atoms. The molecule has 2 rings (SSSR count). The van der Waals surface area contributed by atoms with Gasteiger partial charge in [-0.05, 0) is 50.0 Å². The third-order valence-electron chi connectivity index (χ3n) is 4.22. The number of hydrogen-bond acceptors (Lipinski definition) is 4. The van der Waals surface area contributed by atoms with E-state index in [2.05, 4.69) is 9.62 Å². The molecule has 1 saturated heterocycles. The van der Waals surface area contributed by atoms with Gasteiger partial charge >= 0.3 is 0 Å². The predicted molar refractivity (Wildman–Crippen MR) is 100 cm³/mol. The van der Waals surface area contributed by atoms with Crippen molar-refractivity contribution >= 4 is 39.1 Å². The minimum atomic E-state index is -3.44. The number of rotatable bonds is 8. The van der Waals surface area contributed by atoms with Crippen LogP contribution in [0.4, 0.5) is 0 Å². The number of primary amides is 1. The lowest BCUT2D eigenvalue weighted by Gasteiger charge is -2.31. The number of halogens is 2. The highest BCUT2D eigenvalue weighted by Gasteiger charge is 2.23. The Morgan fingerprint density at radius 1 is 1.32 bits per heavy atom. The van der Waals surface area contributed by atoms with E-state index in [9.17, 15) is 13.2 Å². The van der Waals surface area contributed by atoms with E-state index in [1.807, 2.05) is 0 Å². The van der Waals surface area contributed by atoms with Gasteiger partial charge in [0.15, 0.2) is 0 Å². The van der Waals surface area contributed by atoms with Crippen molar-refractivity contribution in [2.75, 3.05) is 26.2 Å². The van der Waals surface area contributed by atoms with Crippen molar-refractivity contribution in [1.29, 1.82) is 0 Å². The molecule has 1 heterocycles. The minimum absolute atomic E-state index is 0.0971. The van der Waals surface area contributed by atoms with E-state index in [1.54, 1.807) is 18.2 Å². The van der Waals surface area contributed by atoms with Gasteiger partial charge in [0.05, 0.1) is 21.7 Å². The molecule has 1 atom stereocenters. The lowest BCUT2D eigenvalue weighted by Crippen LogP contribution is -2.42. The fraction of sp³-hybridized carbons (Fsp3) is 0.562. The average Bonchev–Trinajstić information content (AvgIpc) is 2.55. The van der Waals surface area contributed by atoms with E-state index in [4.69, 9.17) is 28.9 Å². The van der Waals surface area contributed by atoms with Gasteiger partial charge in [0.1, 0.15) is 0 Å². The Morgan fingerprint density at radius 2 is 2.08 bits per heavy atom. The highest BCUT2D eigenvalue weighted by atomic mass is 35.5. The monoisotopic (exact) mass is 407 g/mol. The summed E-state index contributed by atoms with van der Waals surface area (Å²) in [6.07, 6.45) is 2.45. The molecule has 140 valence electrons. The summed E-state index contributed by atoms with van der Waals surface area (Å²) in [6.45, 7) is 2.66. The Kier molecular flexibility index (Phi) is 7.51. The lowest BCUT2D eigenvalue weighted by atomic mass is 9.97. The molecule has 1 aliphatic rings. The van der Waals surface area contributed by atoms with Gasteiger partial charge in [0.25, 0.3) is 0 Å². The maximum absolute atomic E-state index is 12.1. The van der Waals surface area contributed by atoms with Gasteiger partial charge in [-0.3, -0.25) is 4.79 Å². The van der Waals surface area contributed by atoms with Crippen LogP contribution in [-0.4, -0.2) is 45.4 Å². The smallest absolute Gasteiger partial charge is 0.221 e. The number of hydrogen-bond donors (Lipinski definition) is 2. The zero-order valence-electron chi connectivity index (χ0n) is 13.9. The van der Waals surface area contributed by atoms with E-state index >= 15 is 0 Å². The maximum atomic E-state index is 12.1. The van der Waals surface area contributed by atoms with Crippen LogP contribution in [0.25, 0.3) is 0 Å². The van der Waals surface area contributed by atoms with E-state index in [-0.39, 0.29) is 17.6 Å². The standard InChI is InChI=1S/C16H23Cl2N3O3S/c17-14-5-4-12(9-15(14)18)11-25(23,24)20-6-2-8-21-7-1-3-13(10-21)16(19)22/h4-5,9,13,20H,1-3,6-8,10-11H2,(H2,19,22). The van der Waals surface area contributed by atoms with Crippen LogP contribution in [0.5, 0.6) is 0 Å². The summed E-state index contributed by atoms with van der Waals surface area (Å²) in [4.78, 5) is 13.4. The summed E-state index contributed by atoms with van der Waals surface area (Å²) in [7, 11) is -3.44. The Morgan fingerprint density at radius 3 is 2.76 bits per heavy atom. The summed E-state index contributed by atoms with van der Waals surface area (Å²) < 4.78 is 26.8. The van der Waals surface area contributed by atoms with E-state index < -0.39 is 10.0 Å². The van der Waals surface area contributed by atoms with Crippen LogP contribution in [0.1, 0.15) is 24.8 Å². The Hall–Kier alpha value is -0.860. The number of piperidine rings is 1. The SMILES string of the molecule is NC(=O)C1CCCN(CCCNS(=O)(=O)Cc2ccc(Cl)c(Cl)c2)C1. The second kappa shape index (κ2) is 9.19. The van der Waals surface area contributed by atoms with E-state index in [0.717, 1.165) is 25.9 Å². The maximum Gasteiger partial charge on any atom is 0.221 e. The van der Waals surface area contributed by atoms with Crippen molar-refractivity contribution in [2.24, 2.45) is 11.7 Å². The van der Waals surface area contributed by atoms with Crippen molar-refractivity contribution in [2.45, 2.75) is 25.0 Å². The molecule has 3 N–H and O–H groups in total. The average molecular weight is 408 g/mol. The first kappa shape index (κ1) is 20.5. The molecule has 1 fully saturated rings. The molecule has 0 aromatic heterocycles. The van der Waals surface area contributed by atoms with E-state index in [1.165, 1.54) is 0 Å². The highest BCUT2D eigenvalue weighted by molar-refractivity contribution is 7.88. The fourth-order valence-corrected chi connectivity index (χ4v) is 4.42.